The van der Waals surface area contributed by atoms with Crippen LogP contribution < -0.4 is 19.1 Å². The van der Waals surface area contributed by atoms with E-state index in [0.29, 0.717) is 33.5 Å². The van der Waals surface area contributed by atoms with Crippen molar-refractivity contribution in [2.24, 2.45) is 0 Å². The van der Waals surface area contributed by atoms with Crippen LogP contribution in [0.2, 0.25) is 0 Å². The molecule has 0 radical (unpaired) electrons. The average molecular weight is 547 g/mol. The molecule has 3 aromatic rings. The predicted octanol–water partition coefficient (Wildman–Crippen LogP) is 3.20. The second-order valence-electron chi connectivity index (χ2n) is 7.92. The van der Waals surface area contributed by atoms with Crippen molar-refractivity contribution in [3.63, 3.8) is 0 Å². The summed E-state index contributed by atoms with van der Waals surface area (Å²) in [6.07, 6.45) is 1.53. The number of benzene rings is 2. The molecule has 37 heavy (non-hydrogen) atoms. The fourth-order valence-corrected chi connectivity index (χ4v) is 5.01. The maximum absolute atomic E-state index is 13.6. The van der Waals surface area contributed by atoms with Crippen LogP contribution in [0.4, 0.5) is 0 Å². The summed E-state index contributed by atoms with van der Waals surface area (Å²) in [5.41, 5.74) is 1.74. The highest BCUT2D eigenvalue weighted by Gasteiger charge is 2.22. The minimum atomic E-state index is -1.92. The number of carbonyl (C=O) groups is 2. The van der Waals surface area contributed by atoms with Crippen LogP contribution >= 0.6 is 11.3 Å². The van der Waals surface area contributed by atoms with Gasteiger partial charge in [0.2, 0.25) is 11.2 Å². The molecule has 0 aliphatic carbocycles. The van der Waals surface area contributed by atoms with Gasteiger partial charge in [0.1, 0.15) is 22.2 Å². The van der Waals surface area contributed by atoms with Gasteiger partial charge in [0.25, 0.3) is 11.8 Å². The van der Waals surface area contributed by atoms with Crippen molar-refractivity contribution >= 4 is 34.3 Å². The van der Waals surface area contributed by atoms with Gasteiger partial charge in [-0.2, -0.15) is 0 Å². The Morgan fingerprint density at radius 1 is 1.05 bits per heavy atom. The Morgan fingerprint density at radius 3 is 2.35 bits per heavy atom. The number of ether oxygens (including phenoxy) is 2. The van der Waals surface area contributed by atoms with Crippen molar-refractivity contribution in [1.82, 2.24) is 19.5 Å². The lowest BCUT2D eigenvalue weighted by Gasteiger charge is -2.22. The molecular weight excluding hydrogens is 516 g/mol. The molecule has 198 valence electrons. The van der Waals surface area contributed by atoms with Crippen LogP contribution in [0.3, 0.4) is 0 Å². The van der Waals surface area contributed by atoms with Crippen molar-refractivity contribution in [1.29, 1.82) is 0 Å². The third kappa shape index (κ3) is 8.09. The van der Waals surface area contributed by atoms with E-state index < -0.39 is 17.1 Å². The Hall–Kier alpha value is -3.32. The number of aryl methyl sites for hydroxylation is 2. The van der Waals surface area contributed by atoms with E-state index >= 15 is 0 Å². The van der Waals surface area contributed by atoms with E-state index in [1.54, 1.807) is 30.0 Å². The van der Waals surface area contributed by atoms with Crippen molar-refractivity contribution in [3.8, 4) is 11.5 Å². The van der Waals surface area contributed by atoms with Crippen LogP contribution in [0.1, 0.15) is 42.7 Å². The van der Waals surface area contributed by atoms with Gasteiger partial charge in [-0.25, -0.2) is 9.19 Å². The van der Waals surface area contributed by atoms with Gasteiger partial charge in [0.05, 0.1) is 27.9 Å². The van der Waals surface area contributed by atoms with Gasteiger partial charge < -0.3 is 14.4 Å². The van der Waals surface area contributed by atoms with Gasteiger partial charge in [0.15, 0.2) is 0 Å². The van der Waals surface area contributed by atoms with E-state index in [4.69, 9.17) is 9.47 Å². The molecule has 1 aromatic heterocycles. The Balaban J connectivity index is 1.82. The van der Waals surface area contributed by atoms with E-state index in [9.17, 15) is 13.8 Å². The van der Waals surface area contributed by atoms with Crippen LogP contribution in [-0.2, 0) is 29.0 Å². The van der Waals surface area contributed by atoms with Gasteiger partial charge in [-0.05, 0) is 37.5 Å². The number of nitrogens with zero attached hydrogens (tertiary/aromatic N) is 2. The summed E-state index contributed by atoms with van der Waals surface area (Å²) in [5.74, 6) is 0.194. The first-order valence-corrected chi connectivity index (χ1v) is 13.3. The zero-order valence-electron chi connectivity index (χ0n) is 21.1. The van der Waals surface area contributed by atoms with Gasteiger partial charge in [0, 0.05) is 23.1 Å². The molecule has 3 rings (SSSR count). The Labute approximate surface area is 222 Å². The summed E-state index contributed by atoms with van der Waals surface area (Å²) in [4.78, 5) is 39.6. The summed E-state index contributed by atoms with van der Waals surface area (Å²) in [5, 5.41) is 0.580. The molecule has 2 amide bonds. The Bertz CT molecular complexity index is 1210. The molecule has 2 N–H and O–H groups in total. The van der Waals surface area contributed by atoms with Gasteiger partial charge >= 0.3 is 0 Å². The number of rotatable bonds is 13. The number of amides is 2. The number of thiazole rings is 1. The molecule has 1 unspecified atom stereocenters. The standard InChI is InChI=1S/C25H30N4O6S2/c1-17-23(24(30)27-37(32)28-35-4)26-22(36-17)16-29(12-8-11-18-9-6-5-7-10-18)25(31)19-13-20(33-2)15-21(14-19)34-3/h5-7,9-10,13-15,28H,8,11-12,16H2,1-4H3,(H,27,30). The van der Waals surface area contributed by atoms with Crippen molar-refractivity contribution in [2.75, 3.05) is 27.9 Å². The number of methoxy groups -OCH3 is 2. The Kier molecular flexibility index (Phi) is 10.6. The third-order valence-electron chi connectivity index (χ3n) is 5.35. The maximum Gasteiger partial charge on any atom is 0.283 e. The lowest BCUT2D eigenvalue weighted by molar-refractivity contribution is 0.0740. The molecule has 0 spiro atoms. The van der Waals surface area contributed by atoms with Gasteiger partial charge in [-0.15, -0.1) is 11.3 Å². The molecule has 0 aliphatic rings. The molecule has 1 heterocycles. The molecule has 0 saturated carbocycles. The van der Waals surface area contributed by atoms with Crippen LogP contribution in [0.15, 0.2) is 48.5 Å². The van der Waals surface area contributed by atoms with Crippen molar-refractivity contribution < 1.29 is 28.1 Å². The smallest absolute Gasteiger partial charge is 0.283 e. The SMILES string of the molecule is CONS(=O)NC(=O)c1nc(CN(CCCc2ccccc2)C(=O)c2cc(OC)cc(OC)c2)sc1C. The van der Waals surface area contributed by atoms with Crippen LogP contribution in [0.25, 0.3) is 0 Å². The molecule has 1 atom stereocenters. The van der Waals surface area contributed by atoms with E-state index in [2.05, 4.69) is 31.6 Å². The molecule has 0 saturated heterocycles. The monoisotopic (exact) mass is 546 g/mol. The molecule has 12 heteroatoms. The van der Waals surface area contributed by atoms with E-state index in [1.165, 1.54) is 38.2 Å². The highest BCUT2D eigenvalue weighted by Crippen LogP contribution is 2.25. The quantitative estimate of drug-likeness (QED) is 0.316. The lowest BCUT2D eigenvalue weighted by Crippen LogP contribution is -2.34. The van der Waals surface area contributed by atoms with E-state index in [1.807, 2.05) is 18.2 Å². The molecule has 10 nitrogen and oxygen atoms in total. The average Bonchev–Trinajstić information content (AvgIpc) is 3.28. The first kappa shape index (κ1) is 28.3. The minimum absolute atomic E-state index is 0.144. The number of nitrogens with one attached hydrogen (secondary N) is 2. The summed E-state index contributed by atoms with van der Waals surface area (Å²) < 4.78 is 24.7. The van der Waals surface area contributed by atoms with Gasteiger partial charge in [-0.3, -0.25) is 19.1 Å². The van der Waals surface area contributed by atoms with Gasteiger partial charge in [-0.1, -0.05) is 35.2 Å². The third-order valence-corrected chi connectivity index (χ3v) is 6.99. The number of hydrogen-bond donors (Lipinski definition) is 2. The summed E-state index contributed by atoms with van der Waals surface area (Å²) in [7, 11) is 4.35. The molecule has 2 aromatic carbocycles. The zero-order valence-corrected chi connectivity index (χ0v) is 22.7. The first-order chi connectivity index (χ1) is 17.8. The summed E-state index contributed by atoms with van der Waals surface area (Å²) in [6, 6.07) is 15.1. The number of hydrogen-bond acceptors (Lipinski definition) is 8. The topological polar surface area (TPSA) is 119 Å². The molecule has 0 aliphatic heterocycles. The van der Waals surface area contributed by atoms with Crippen molar-refractivity contribution in [2.45, 2.75) is 26.3 Å². The predicted molar refractivity (Wildman–Crippen MR) is 142 cm³/mol. The molecule has 0 fully saturated rings. The van der Waals surface area contributed by atoms with E-state index in [-0.39, 0.29) is 18.1 Å². The second-order valence-corrected chi connectivity index (χ2v) is 10.1. The lowest BCUT2D eigenvalue weighted by atomic mass is 10.1. The molecule has 0 bridgehead atoms. The first-order valence-electron chi connectivity index (χ1n) is 11.4. The van der Waals surface area contributed by atoms with Crippen LogP contribution in [0.5, 0.6) is 11.5 Å². The van der Waals surface area contributed by atoms with Crippen molar-refractivity contribution in [3.05, 3.63) is 75.2 Å². The fourth-order valence-electron chi connectivity index (χ4n) is 3.61. The Morgan fingerprint density at radius 2 is 1.73 bits per heavy atom. The zero-order chi connectivity index (χ0) is 26.8. The summed E-state index contributed by atoms with van der Waals surface area (Å²) >= 11 is -0.614. The second kappa shape index (κ2) is 13.8. The van der Waals surface area contributed by atoms with E-state index in [0.717, 1.165) is 12.8 Å². The molecular formula is C25H30N4O6S2. The number of carbonyl (C=O) groups excluding carboxylic acids is 2. The minimum Gasteiger partial charge on any atom is -0.497 e. The largest absolute Gasteiger partial charge is 0.497 e. The normalized spacial score (nSPS) is 11.6. The highest BCUT2D eigenvalue weighted by atomic mass is 32.2. The number of aromatic nitrogens is 1. The summed E-state index contributed by atoms with van der Waals surface area (Å²) in [6.45, 7) is 2.41. The fraction of sp³-hybridized carbons (Fsp3) is 0.320. The maximum atomic E-state index is 13.6. The van der Waals surface area contributed by atoms with Crippen LogP contribution in [-0.4, -0.2) is 53.8 Å². The van der Waals surface area contributed by atoms with Crippen LogP contribution in [0, 0.1) is 6.92 Å². The highest BCUT2D eigenvalue weighted by molar-refractivity contribution is 7.81.